The molecule has 0 atom stereocenters. The fraction of sp³-hybridized carbons (Fsp3) is 0.250. The van der Waals surface area contributed by atoms with Crippen LogP contribution in [0.4, 0.5) is 0 Å². The summed E-state index contributed by atoms with van der Waals surface area (Å²) in [5, 5.41) is 11.8. The minimum atomic E-state index is -0.923. The lowest BCUT2D eigenvalue weighted by Crippen LogP contribution is -2.17. The molecule has 100 valence electrons. The fourth-order valence-corrected chi connectivity index (χ4v) is 2.31. The van der Waals surface area contributed by atoms with Crippen LogP contribution in [0.1, 0.15) is 5.56 Å². The van der Waals surface area contributed by atoms with Crippen molar-refractivity contribution in [1.29, 1.82) is 0 Å². The van der Waals surface area contributed by atoms with Crippen LogP contribution >= 0.6 is 24.4 Å². The van der Waals surface area contributed by atoms with Gasteiger partial charge in [0.25, 0.3) is 0 Å². The van der Waals surface area contributed by atoms with Gasteiger partial charge in [0.05, 0.1) is 16.0 Å². The Labute approximate surface area is 120 Å². The van der Waals surface area contributed by atoms with Gasteiger partial charge >= 0.3 is 5.97 Å². The summed E-state index contributed by atoms with van der Waals surface area (Å²) in [7, 11) is 1.78. The molecule has 0 bridgehead atoms. The maximum Gasteiger partial charge on any atom is 0.323 e. The first-order valence-electron chi connectivity index (χ1n) is 5.65. The van der Waals surface area contributed by atoms with Gasteiger partial charge in [-0.2, -0.15) is 0 Å². The second-order valence-corrected chi connectivity index (χ2v) is 4.99. The van der Waals surface area contributed by atoms with Crippen molar-refractivity contribution in [3.63, 3.8) is 0 Å². The standard InChI is InChI=1S/C12H13N3O2S2/c1-13-10(18)5-7-2-3-8-9(4-7)15(6-11(16)17)12(19)14-8/h2-4H,5-6H2,1H3,(H,13,18)(H,14,19)(H,16,17). The highest BCUT2D eigenvalue weighted by molar-refractivity contribution is 7.80. The van der Waals surface area contributed by atoms with Crippen molar-refractivity contribution in [2.75, 3.05) is 7.05 Å². The molecule has 2 aromatic rings. The molecule has 0 unspecified atom stereocenters. The minimum absolute atomic E-state index is 0.154. The topological polar surface area (TPSA) is 70.0 Å². The Balaban J connectivity index is 2.48. The fourth-order valence-electron chi connectivity index (χ4n) is 1.87. The van der Waals surface area contributed by atoms with Crippen molar-refractivity contribution in [1.82, 2.24) is 14.9 Å². The quantitative estimate of drug-likeness (QED) is 0.751. The number of likely N-dealkylation sites (N-methyl/N-ethyl adjacent to an activating group) is 1. The van der Waals surface area contributed by atoms with Gasteiger partial charge in [0.15, 0.2) is 4.77 Å². The number of aromatic amines is 1. The van der Waals surface area contributed by atoms with Gasteiger partial charge in [-0.15, -0.1) is 0 Å². The van der Waals surface area contributed by atoms with Crippen LogP contribution in [0.25, 0.3) is 11.0 Å². The van der Waals surface area contributed by atoms with Gasteiger partial charge in [-0.25, -0.2) is 0 Å². The number of fused-ring (bicyclic) bond motifs is 1. The molecule has 0 saturated carbocycles. The predicted octanol–water partition coefficient (Wildman–Crippen LogP) is 1.87. The van der Waals surface area contributed by atoms with Gasteiger partial charge < -0.3 is 20.0 Å². The Hall–Kier alpha value is -1.73. The summed E-state index contributed by atoms with van der Waals surface area (Å²) in [6, 6.07) is 5.74. The molecule has 3 N–H and O–H groups in total. The van der Waals surface area contributed by atoms with Crippen LogP contribution in [-0.4, -0.2) is 32.7 Å². The molecule has 2 rings (SSSR count). The van der Waals surface area contributed by atoms with E-state index in [1.54, 1.807) is 11.6 Å². The van der Waals surface area contributed by atoms with E-state index in [0.29, 0.717) is 11.2 Å². The van der Waals surface area contributed by atoms with Crippen molar-refractivity contribution in [3.05, 3.63) is 28.5 Å². The van der Waals surface area contributed by atoms with E-state index in [4.69, 9.17) is 29.5 Å². The summed E-state index contributed by atoms with van der Waals surface area (Å²) >= 11 is 10.3. The third-order valence-corrected chi connectivity index (χ3v) is 3.45. The van der Waals surface area contributed by atoms with Crippen LogP contribution in [0.3, 0.4) is 0 Å². The average Bonchev–Trinajstić information content (AvgIpc) is 2.65. The Morgan fingerprint density at radius 2 is 2.26 bits per heavy atom. The van der Waals surface area contributed by atoms with Gasteiger partial charge in [0.1, 0.15) is 6.54 Å². The molecule has 7 heteroatoms. The number of carboxylic acid groups (broad SMARTS) is 1. The highest BCUT2D eigenvalue weighted by Gasteiger charge is 2.09. The number of carbonyl (C=O) groups is 1. The second-order valence-electron chi connectivity index (χ2n) is 4.11. The van der Waals surface area contributed by atoms with E-state index < -0.39 is 5.97 Å². The molecule has 0 radical (unpaired) electrons. The van der Waals surface area contributed by atoms with Crippen molar-refractivity contribution < 1.29 is 9.90 Å². The predicted molar refractivity (Wildman–Crippen MR) is 80.1 cm³/mol. The maximum atomic E-state index is 10.9. The van der Waals surface area contributed by atoms with Crippen molar-refractivity contribution in [2.24, 2.45) is 0 Å². The summed E-state index contributed by atoms with van der Waals surface area (Å²) in [6.45, 7) is -0.154. The van der Waals surface area contributed by atoms with E-state index in [1.165, 1.54) is 0 Å². The Morgan fingerprint density at radius 3 is 2.89 bits per heavy atom. The third kappa shape index (κ3) is 2.99. The van der Waals surface area contributed by atoms with Gasteiger partial charge in [0, 0.05) is 13.5 Å². The summed E-state index contributed by atoms with van der Waals surface area (Å²) in [4.78, 5) is 14.6. The first-order chi connectivity index (χ1) is 9.01. The first-order valence-corrected chi connectivity index (χ1v) is 6.46. The summed E-state index contributed by atoms with van der Waals surface area (Å²) in [5.74, 6) is -0.923. The number of hydrogen-bond acceptors (Lipinski definition) is 3. The minimum Gasteiger partial charge on any atom is -0.480 e. The zero-order valence-electron chi connectivity index (χ0n) is 10.3. The Morgan fingerprint density at radius 1 is 1.53 bits per heavy atom. The molecule has 1 aromatic carbocycles. The van der Waals surface area contributed by atoms with E-state index in [-0.39, 0.29) is 6.54 Å². The number of H-pyrrole nitrogens is 1. The molecule has 0 aliphatic rings. The number of aromatic nitrogens is 2. The molecule has 0 amide bonds. The number of carboxylic acids is 1. The molecule has 19 heavy (non-hydrogen) atoms. The molecule has 5 nitrogen and oxygen atoms in total. The number of hydrogen-bond donors (Lipinski definition) is 3. The Bertz CT molecular complexity index is 703. The van der Waals surface area contributed by atoms with Gasteiger partial charge in [-0.1, -0.05) is 18.3 Å². The van der Waals surface area contributed by atoms with Gasteiger partial charge in [-0.3, -0.25) is 4.79 Å². The van der Waals surface area contributed by atoms with Crippen LogP contribution in [0.2, 0.25) is 0 Å². The zero-order valence-corrected chi connectivity index (χ0v) is 11.9. The van der Waals surface area contributed by atoms with Gasteiger partial charge in [0.2, 0.25) is 0 Å². The first kappa shape index (κ1) is 13.7. The normalized spacial score (nSPS) is 10.6. The molecule has 1 aromatic heterocycles. The number of thiocarbonyl (C=S) groups is 1. The molecule has 0 fully saturated rings. The number of nitrogens with zero attached hydrogens (tertiary/aromatic N) is 1. The van der Waals surface area contributed by atoms with Crippen LogP contribution < -0.4 is 5.32 Å². The van der Waals surface area contributed by atoms with E-state index in [0.717, 1.165) is 21.6 Å². The molecular formula is C12H13N3O2S2. The van der Waals surface area contributed by atoms with Crippen molar-refractivity contribution >= 4 is 46.4 Å². The SMILES string of the molecule is CNC(=S)Cc1ccc2[nH]c(=S)n(CC(=O)O)c2c1. The zero-order chi connectivity index (χ0) is 14.0. The van der Waals surface area contributed by atoms with Crippen LogP contribution in [-0.2, 0) is 17.8 Å². The summed E-state index contributed by atoms with van der Waals surface area (Å²) in [5.41, 5.74) is 2.62. The van der Waals surface area contributed by atoms with Gasteiger partial charge in [-0.05, 0) is 29.9 Å². The van der Waals surface area contributed by atoms with Crippen LogP contribution in [0, 0.1) is 4.77 Å². The summed E-state index contributed by atoms with van der Waals surface area (Å²) in [6.07, 6.45) is 0.618. The number of benzene rings is 1. The number of nitrogens with one attached hydrogen (secondary N) is 2. The molecule has 0 aliphatic heterocycles. The number of aliphatic carboxylic acids is 1. The van der Waals surface area contributed by atoms with E-state index in [9.17, 15) is 4.79 Å². The monoisotopic (exact) mass is 295 g/mol. The molecule has 0 saturated heterocycles. The molecular weight excluding hydrogens is 282 g/mol. The third-order valence-electron chi connectivity index (χ3n) is 2.78. The van der Waals surface area contributed by atoms with Crippen LogP contribution in [0.5, 0.6) is 0 Å². The molecule has 0 spiro atoms. The number of rotatable bonds is 4. The second kappa shape index (κ2) is 5.50. The lowest BCUT2D eigenvalue weighted by Gasteiger charge is -2.05. The smallest absolute Gasteiger partial charge is 0.323 e. The lowest BCUT2D eigenvalue weighted by atomic mass is 10.1. The maximum absolute atomic E-state index is 10.9. The van der Waals surface area contributed by atoms with E-state index in [1.807, 2.05) is 18.2 Å². The van der Waals surface area contributed by atoms with E-state index >= 15 is 0 Å². The van der Waals surface area contributed by atoms with Crippen molar-refractivity contribution in [3.8, 4) is 0 Å². The summed E-state index contributed by atoms with van der Waals surface area (Å²) < 4.78 is 1.98. The largest absolute Gasteiger partial charge is 0.480 e. The lowest BCUT2D eigenvalue weighted by molar-refractivity contribution is -0.137. The average molecular weight is 295 g/mol. The Kier molecular flexibility index (Phi) is 3.96. The number of imidazole rings is 1. The van der Waals surface area contributed by atoms with Crippen molar-refractivity contribution in [2.45, 2.75) is 13.0 Å². The van der Waals surface area contributed by atoms with Crippen LogP contribution in [0.15, 0.2) is 18.2 Å². The molecule has 0 aliphatic carbocycles. The molecule has 1 heterocycles. The highest BCUT2D eigenvalue weighted by Crippen LogP contribution is 2.17. The highest BCUT2D eigenvalue weighted by atomic mass is 32.1. The van der Waals surface area contributed by atoms with E-state index in [2.05, 4.69) is 10.3 Å².